The van der Waals surface area contributed by atoms with Crippen molar-refractivity contribution < 1.29 is 0 Å². The van der Waals surface area contributed by atoms with E-state index in [0.717, 1.165) is 49.8 Å². The van der Waals surface area contributed by atoms with Crippen LogP contribution in [0.4, 0.5) is 5.82 Å². The molecule has 142 valence electrons. The standard InChI is InChI=1S/C21H27N5O/c27-20-7-6-18(16-4-5-16)24-26(20)14-15-9-12-25(13-10-15)19-8-11-22-21(23-19)17-2-1-3-17/h6-8,11,15-17H,1-5,9-10,12-14H2. The summed E-state index contributed by atoms with van der Waals surface area (Å²) < 4.78 is 1.70. The van der Waals surface area contributed by atoms with Crippen LogP contribution in [0.2, 0.25) is 0 Å². The molecule has 0 spiro atoms. The van der Waals surface area contributed by atoms with Crippen molar-refractivity contribution in [3.63, 3.8) is 0 Å². The van der Waals surface area contributed by atoms with Gasteiger partial charge in [0, 0.05) is 43.7 Å². The van der Waals surface area contributed by atoms with Crippen LogP contribution in [-0.4, -0.2) is 32.8 Å². The lowest BCUT2D eigenvalue weighted by atomic mass is 9.85. The van der Waals surface area contributed by atoms with Gasteiger partial charge in [0.2, 0.25) is 0 Å². The van der Waals surface area contributed by atoms with Crippen LogP contribution < -0.4 is 10.5 Å². The van der Waals surface area contributed by atoms with Gasteiger partial charge in [0.05, 0.1) is 5.69 Å². The Morgan fingerprint density at radius 1 is 0.963 bits per heavy atom. The third-order valence-electron chi connectivity index (χ3n) is 6.38. The number of hydrogen-bond donors (Lipinski definition) is 0. The van der Waals surface area contributed by atoms with Crippen molar-refractivity contribution in [1.29, 1.82) is 0 Å². The molecular weight excluding hydrogens is 338 g/mol. The largest absolute Gasteiger partial charge is 0.356 e. The zero-order valence-electron chi connectivity index (χ0n) is 15.8. The van der Waals surface area contributed by atoms with E-state index in [9.17, 15) is 4.79 Å². The molecule has 3 fully saturated rings. The van der Waals surface area contributed by atoms with E-state index in [1.165, 1.54) is 32.1 Å². The first-order chi connectivity index (χ1) is 13.3. The predicted molar refractivity (Wildman–Crippen MR) is 104 cm³/mol. The highest BCUT2D eigenvalue weighted by molar-refractivity contribution is 5.38. The number of nitrogens with zero attached hydrogens (tertiary/aromatic N) is 5. The summed E-state index contributed by atoms with van der Waals surface area (Å²) in [7, 11) is 0. The van der Waals surface area contributed by atoms with Crippen LogP contribution in [0.1, 0.15) is 68.3 Å². The van der Waals surface area contributed by atoms with Crippen LogP contribution in [0.15, 0.2) is 29.2 Å². The number of hydrogen-bond acceptors (Lipinski definition) is 5. The topological polar surface area (TPSA) is 63.9 Å². The molecule has 27 heavy (non-hydrogen) atoms. The van der Waals surface area contributed by atoms with Crippen molar-refractivity contribution in [3.8, 4) is 0 Å². The van der Waals surface area contributed by atoms with E-state index in [-0.39, 0.29) is 5.56 Å². The van der Waals surface area contributed by atoms with E-state index in [1.807, 2.05) is 18.3 Å². The molecule has 2 aromatic heterocycles. The normalized spacial score (nSPS) is 21.3. The second kappa shape index (κ2) is 7.06. The molecule has 0 atom stereocenters. The molecule has 2 aromatic rings. The second-order valence-corrected chi connectivity index (χ2v) is 8.38. The fourth-order valence-electron chi connectivity index (χ4n) is 4.18. The number of rotatable bonds is 5. The van der Waals surface area contributed by atoms with Crippen LogP contribution in [0.5, 0.6) is 0 Å². The third kappa shape index (κ3) is 3.62. The van der Waals surface area contributed by atoms with Crippen LogP contribution in [-0.2, 0) is 6.54 Å². The summed E-state index contributed by atoms with van der Waals surface area (Å²) in [5.41, 5.74) is 1.12. The zero-order chi connectivity index (χ0) is 18.2. The van der Waals surface area contributed by atoms with Crippen molar-refractivity contribution in [3.05, 3.63) is 46.3 Å². The van der Waals surface area contributed by atoms with Gasteiger partial charge < -0.3 is 4.90 Å². The van der Waals surface area contributed by atoms with E-state index in [4.69, 9.17) is 4.98 Å². The molecule has 0 amide bonds. The van der Waals surface area contributed by atoms with E-state index in [2.05, 4.69) is 15.0 Å². The minimum Gasteiger partial charge on any atom is -0.356 e. The Labute approximate surface area is 159 Å². The van der Waals surface area contributed by atoms with Gasteiger partial charge in [-0.1, -0.05) is 6.42 Å². The van der Waals surface area contributed by atoms with Crippen LogP contribution in [0, 0.1) is 5.92 Å². The lowest BCUT2D eigenvalue weighted by Gasteiger charge is -2.33. The molecule has 6 heteroatoms. The van der Waals surface area contributed by atoms with Gasteiger partial charge in [-0.3, -0.25) is 4.79 Å². The maximum Gasteiger partial charge on any atom is 0.266 e. The van der Waals surface area contributed by atoms with Crippen LogP contribution in [0.25, 0.3) is 0 Å². The molecule has 0 aromatic carbocycles. The first kappa shape index (κ1) is 16.9. The van der Waals surface area contributed by atoms with Gasteiger partial charge in [0.1, 0.15) is 11.6 Å². The minimum atomic E-state index is 0.0303. The Morgan fingerprint density at radius 3 is 2.48 bits per heavy atom. The predicted octanol–water partition coefficient (Wildman–Crippen LogP) is 3.09. The summed E-state index contributed by atoms with van der Waals surface area (Å²) in [5.74, 6) is 3.75. The van der Waals surface area contributed by atoms with Crippen molar-refractivity contribution in [2.45, 2.75) is 63.3 Å². The highest BCUT2D eigenvalue weighted by atomic mass is 16.1. The third-order valence-corrected chi connectivity index (χ3v) is 6.38. The summed E-state index contributed by atoms with van der Waals surface area (Å²) in [6.07, 6.45) is 10.3. The molecule has 0 unspecified atom stereocenters. The van der Waals surface area contributed by atoms with Gasteiger partial charge in [-0.05, 0) is 56.6 Å². The van der Waals surface area contributed by atoms with E-state index < -0.39 is 0 Å². The lowest BCUT2D eigenvalue weighted by molar-refractivity contribution is 0.332. The molecule has 1 aliphatic heterocycles. The first-order valence-corrected chi connectivity index (χ1v) is 10.4. The fraction of sp³-hybridized carbons (Fsp3) is 0.619. The second-order valence-electron chi connectivity index (χ2n) is 8.38. The first-order valence-electron chi connectivity index (χ1n) is 10.4. The van der Waals surface area contributed by atoms with Gasteiger partial charge in [0.25, 0.3) is 5.56 Å². The highest BCUT2D eigenvalue weighted by Gasteiger charge is 2.27. The van der Waals surface area contributed by atoms with Gasteiger partial charge in [-0.25, -0.2) is 14.6 Å². The van der Waals surface area contributed by atoms with Gasteiger partial charge in [-0.15, -0.1) is 0 Å². The number of piperidine rings is 1. The van der Waals surface area contributed by atoms with Crippen LogP contribution >= 0.6 is 0 Å². The Kier molecular flexibility index (Phi) is 4.42. The summed E-state index contributed by atoms with van der Waals surface area (Å²) in [5, 5.41) is 4.62. The Morgan fingerprint density at radius 2 is 1.78 bits per heavy atom. The Hall–Kier alpha value is -2.24. The molecule has 2 aliphatic carbocycles. The summed E-state index contributed by atoms with van der Waals surface area (Å²) >= 11 is 0. The fourth-order valence-corrected chi connectivity index (χ4v) is 4.18. The summed E-state index contributed by atoms with van der Waals surface area (Å²) in [6.45, 7) is 2.72. The van der Waals surface area contributed by atoms with Gasteiger partial charge >= 0.3 is 0 Å². The number of aromatic nitrogens is 4. The molecule has 2 saturated carbocycles. The summed E-state index contributed by atoms with van der Waals surface area (Å²) in [4.78, 5) is 23.9. The molecule has 6 nitrogen and oxygen atoms in total. The van der Waals surface area contributed by atoms with Gasteiger partial charge in [-0.2, -0.15) is 5.10 Å². The van der Waals surface area contributed by atoms with Crippen LogP contribution in [0.3, 0.4) is 0 Å². The number of anilines is 1. The maximum atomic E-state index is 12.2. The molecule has 3 aliphatic rings. The Balaban J connectivity index is 1.22. The molecule has 0 N–H and O–H groups in total. The minimum absolute atomic E-state index is 0.0303. The molecule has 5 rings (SSSR count). The van der Waals surface area contributed by atoms with E-state index >= 15 is 0 Å². The van der Waals surface area contributed by atoms with E-state index in [1.54, 1.807) is 10.7 Å². The zero-order valence-corrected chi connectivity index (χ0v) is 15.8. The highest BCUT2D eigenvalue weighted by Crippen LogP contribution is 2.38. The smallest absolute Gasteiger partial charge is 0.266 e. The van der Waals surface area contributed by atoms with Crippen molar-refractivity contribution in [2.24, 2.45) is 5.92 Å². The maximum absolute atomic E-state index is 12.2. The molecule has 1 saturated heterocycles. The average Bonchev–Trinajstić information content (AvgIpc) is 3.48. The van der Waals surface area contributed by atoms with Gasteiger partial charge in [0.15, 0.2) is 0 Å². The van der Waals surface area contributed by atoms with Crippen molar-refractivity contribution >= 4 is 5.82 Å². The summed E-state index contributed by atoms with van der Waals surface area (Å²) in [6, 6.07) is 5.64. The average molecular weight is 365 g/mol. The SMILES string of the molecule is O=c1ccc(C2CC2)nn1CC1CCN(c2ccnc(C3CCC3)n2)CC1. The monoisotopic (exact) mass is 365 g/mol. The molecular formula is C21H27N5O. The van der Waals surface area contributed by atoms with E-state index in [0.29, 0.717) is 17.8 Å². The molecule has 0 bridgehead atoms. The lowest BCUT2D eigenvalue weighted by Crippen LogP contribution is -2.37. The molecule has 0 radical (unpaired) electrons. The Bertz CT molecular complexity index is 863. The molecule has 3 heterocycles. The quantitative estimate of drug-likeness (QED) is 0.815. The van der Waals surface area contributed by atoms with Crippen molar-refractivity contribution in [2.75, 3.05) is 18.0 Å². The van der Waals surface area contributed by atoms with Crippen molar-refractivity contribution in [1.82, 2.24) is 19.7 Å².